The van der Waals surface area contributed by atoms with E-state index in [0.717, 1.165) is 47.8 Å². The minimum absolute atomic E-state index is 0.170. The summed E-state index contributed by atoms with van der Waals surface area (Å²) >= 11 is 0. The Bertz CT molecular complexity index is 1350. The highest BCUT2D eigenvalue weighted by Crippen LogP contribution is 2.36. The number of nitrogens with zero attached hydrogens (tertiary/aromatic N) is 4. The van der Waals surface area contributed by atoms with Crippen molar-refractivity contribution in [3.8, 4) is 17.3 Å². The Morgan fingerprint density at radius 3 is 2.66 bits per heavy atom. The number of ether oxygens (including phenoxy) is 1. The topological polar surface area (TPSA) is 63.2 Å². The molecule has 32 heavy (non-hydrogen) atoms. The average molecular weight is 429 g/mol. The van der Waals surface area contributed by atoms with Crippen molar-refractivity contribution in [1.82, 2.24) is 20.3 Å². The number of piperazine rings is 1. The highest BCUT2D eigenvalue weighted by Gasteiger charge is 2.34. The summed E-state index contributed by atoms with van der Waals surface area (Å²) in [4.78, 5) is 15.8. The standard InChI is InChI=1S/C25H24FN5O/c1-14-6-7-15-4-3-5-18(19(15)10-14)22-21(26)23-20(11-27-22)24(30-25(29-23)32-2)31-12-16-8-9-17(13-31)28-16/h3-7,10-11,16-17,28H,8-9,12-13H2,1-2H3. The molecule has 6 rings (SSSR count). The van der Waals surface area contributed by atoms with Gasteiger partial charge in [0.15, 0.2) is 5.82 Å². The molecule has 0 saturated carbocycles. The molecule has 1 N–H and O–H groups in total. The Labute approximate surface area is 185 Å². The third kappa shape index (κ3) is 3.07. The molecule has 2 atom stereocenters. The lowest BCUT2D eigenvalue weighted by Gasteiger charge is -2.34. The lowest BCUT2D eigenvalue weighted by Crippen LogP contribution is -2.51. The average Bonchev–Trinajstić information content (AvgIpc) is 3.16. The summed E-state index contributed by atoms with van der Waals surface area (Å²) in [5, 5.41) is 6.26. The highest BCUT2D eigenvalue weighted by atomic mass is 19.1. The molecule has 2 unspecified atom stereocenters. The number of halogens is 1. The first kappa shape index (κ1) is 19.4. The third-order valence-electron chi connectivity index (χ3n) is 6.63. The van der Waals surface area contributed by atoms with E-state index >= 15 is 4.39 Å². The van der Waals surface area contributed by atoms with E-state index in [2.05, 4.69) is 43.4 Å². The van der Waals surface area contributed by atoms with E-state index in [1.807, 2.05) is 25.1 Å². The van der Waals surface area contributed by atoms with Crippen molar-refractivity contribution in [3.05, 3.63) is 54.0 Å². The van der Waals surface area contributed by atoms with Gasteiger partial charge in [0, 0.05) is 36.9 Å². The zero-order valence-corrected chi connectivity index (χ0v) is 18.1. The van der Waals surface area contributed by atoms with Gasteiger partial charge in [-0.1, -0.05) is 42.0 Å². The molecule has 7 heteroatoms. The van der Waals surface area contributed by atoms with E-state index in [4.69, 9.17) is 4.74 Å². The summed E-state index contributed by atoms with van der Waals surface area (Å²) in [6.07, 6.45) is 4.01. The predicted octanol–water partition coefficient (Wildman–Crippen LogP) is 4.24. The van der Waals surface area contributed by atoms with Gasteiger partial charge in [-0.05, 0) is 30.5 Å². The molecule has 2 aromatic heterocycles. The largest absolute Gasteiger partial charge is 0.467 e. The second kappa shape index (κ2) is 7.38. The monoisotopic (exact) mass is 429 g/mol. The molecule has 2 saturated heterocycles. The molecule has 2 aliphatic heterocycles. The van der Waals surface area contributed by atoms with Gasteiger partial charge in [0.2, 0.25) is 0 Å². The molecule has 6 nitrogen and oxygen atoms in total. The van der Waals surface area contributed by atoms with Gasteiger partial charge in [-0.3, -0.25) is 4.98 Å². The van der Waals surface area contributed by atoms with Crippen LogP contribution in [0.3, 0.4) is 0 Å². The normalized spacial score (nSPS) is 20.3. The van der Waals surface area contributed by atoms with Gasteiger partial charge in [0.05, 0.1) is 12.5 Å². The van der Waals surface area contributed by atoms with Crippen LogP contribution < -0.4 is 15.0 Å². The third-order valence-corrected chi connectivity index (χ3v) is 6.63. The van der Waals surface area contributed by atoms with Crippen LogP contribution >= 0.6 is 0 Å². The van der Waals surface area contributed by atoms with Gasteiger partial charge in [0.25, 0.3) is 0 Å². The summed E-state index contributed by atoms with van der Waals surface area (Å²) in [6.45, 7) is 3.70. The second-order valence-electron chi connectivity index (χ2n) is 8.79. The van der Waals surface area contributed by atoms with Crippen molar-refractivity contribution in [2.45, 2.75) is 31.8 Å². The Balaban J connectivity index is 1.55. The maximum Gasteiger partial charge on any atom is 0.318 e. The van der Waals surface area contributed by atoms with Crippen molar-refractivity contribution in [1.29, 1.82) is 0 Å². The maximum absolute atomic E-state index is 16.0. The van der Waals surface area contributed by atoms with E-state index in [1.165, 1.54) is 7.11 Å². The quantitative estimate of drug-likeness (QED) is 0.526. The van der Waals surface area contributed by atoms with Crippen molar-refractivity contribution < 1.29 is 9.13 Å². The molecule has 0 aliphatic carbocycles. The summed E-state index contributed by atoms with van der Waals surface area (Å²) in [5.41, 5.74) is 2.41. The van der Waals surface area contributed by atoms with Gasteiger partial charge >= 0.3 is 6.01 Å². The number of benzene rings is 2. The number of methoxy groups -OCH3 is 1. The lowest BCUT2D eigenvalue weighted by molar-refractivity contribution is 0.380. The molecule has 2 bridgehead atoms. The summed E-state index contributed by atoms with van der Waals surface area (Å²) < 4.78 is 21.3. The minimum atomic E-state index is -0.448. The van der Waals surface area contributed by atoms with Gasteiger partial charge in [0.1, 0.15) is 17.0 Å². The van der Waals surface area contributed by atoms with Gasteiger partial charge < -0.3 is 15.0 Å². The van der Waals surface area contributed by atoms with E-state index in [-0.39, 0.29) is 11.5 Å². The number of rotatable bonds is 3. The van der Waals surface area contributed by atoms with E-state index in [1.54, 1.807) is 6.20 Å². The zero-order chi connectivity index (χ0) is 21.8. The number of hydrogen-bond donors (Lipinski definition) is 1. The fourth-order valence-corrected chi connectivity index (χ4v) is 5.10. The molecular formula is C25H24FN5O. The first-order chi connectivity index (χ1) is 15.6. The van der Waals surface area contributed by atoms with Crippen LogP contribution in [0.2, 0.25) is 0 Å². The summed E-state index contributed by atoms with van der Waals surface area (Å²) in [7, 11) is 1.51. The first-order valence-electron chi connectivity index (χ1n) is 11.0. The molecule has 2 fully saturated rings. The highest BCUT2D eigenvalue weighted by molar-refractivity contribution is 5.99. The Hall–Kier alpha value is -3.32. The molecule has 2 aliphatic rings. The van der Waals surface area contributed by atoms with Crippen LogP contribution in [0.1, 0.15) is 18.4 Å². The lowest BCUT2D eigenvalue weighted by atomic mass is 9.99. The van der Waals surface area contributed by atoms with Crippen LogP contribution in [0.25, 0.3) is 32.9 Å². The molecule has 0 amide bonds. The van der Waals surface area contributed by atoms with Gasteiger partial charge in [-0.25, -0.2) is 4.39 Å². The maximum atomic E-state index is 16.0. The smallest absolute Gasteiger partial charge is 0.318 e. The van der Waals surface area contributed by atoms with Crippen LogP contribution in [-0.4, -0.2) is 47.2 Å². The molecular weight excluding hydrogens is 405 g/mol. The van der Waals surface area contributed by atoms with E-state index in [0.29, 0.717) is 29.0 Å². The molecule has 0 spiro atoms. The summed E-state index contributed by atoms with van der Waals surface area (Å²) in [5.74, 6) is 0.244. The summed E-state index contributed by atoms with van der Waals surface area (Å²) in [6, 6.07) is 13.1. The number of aromatic nitrogens is 3. The number of hydrogen-bond acceptors (Lipinski definition) is 6. The fraction of sp³-hybridized carbons (Fsp3) is 0.320. The number of pyridine rings is 1. The minimum Gasteiger partial charge on any atom is -0.467 e. The Morgan fingerprint density at radius 1 is 1.06 bits per heavy atom. The molecule has 4 aromatic rings. The van der Waals surface area contributed by atoms with Crippen LogP contribution in [0.4, 0.5) is 10.2 Å². The number of anilines is 1. The SMILES string of the molecule is COc1nc(N2CC3CCC(C2)N3)c2cnc(-c3cccc4ccc(C)cc34)c(F)c2n1. The van der Waals surface area contributed by atoms with Crippen molar-refractivity contribution in [3.63, 3.8) is 0 Å². The van der Waals surface area contributed by atoms with Crippen LogP contribution in [0, 0.1) is 12.7 Å². The molecule has 4 heterocycles. The Kier molecular flexibility index (Phi) is 4.47. The second-order valence-corrected chi connectivity index (χ2v) is 8.79. The first-order valence-corrected chi connectivity index (χ1v) is 11.0. The van der Waals surface area contributed by atoms with Crippen molar-refractivity contribution in [2.75, 3.05) is 25.1 Å². The number of nitrogens with one attached hydrogen (secondary N) is 1. The zero-order valence-electron chi connectivity index (χ0n) is 18.1. The van der Waals surface area contributed by atoms with Crippen LogP contribution in [0.15, 0.2) is 42.6 Å². The molecule has 162 valence electrons. The van der Waals surface area contributed by atoms with Gasteiger partial charge in [-0.2, -0.15) is 9.97 Å². The van der Waals surface area contributed by atoms with E-state index in [9.17, 15) is 0 Å². The molecule has 2 aromatic carbocycles. The Morgan fingerprint density at radius 2 is 1.88 bits per heavy atom. The number of fused-ring (bicyclic) bond motifs is 4. The molecule has 0 radical (unpaired) electrons. The predicted molar refractivity (Wildman–Crippen MR) is 124 cm³/mol. The van der Waals surface area contributed by atoms with Crippen molar-refractivity contribution >= 4 is 27.5 Å². The van der Waals surface area contributed by atoms with Crippen molar-refractivity contribution in [2.24, 2.45) is 0 Å². The van der Waals surface area contributed by atoms with E-state index < -0.39 is 5.82 Å². The van der Waals surface area contributed by atoms with Crippen LogP contribution in [0.5, 0.6) is 6.01 Å². The van der Waals surface area contributed by atoms with Gasteiger partial charge in [-0.15, -0.1) is 0 Å². The fourth-order valence-electron chi connectivity index (χ4n) is 5.10. The van der Waals surface area contributed by atoms with Crippen LogP contribution in [-0.2, 0) is 0 Å². The number of aryl methyl sites for hydroxylation is 1.